The molecule has 2 aliphatic carbocycles. The third kappa shape index (κ3) is 3.80. The van der Waals surface area contributed by atoms with E-state index < -0.39 is 11.7 Å². The predicted octanol–water partition coefficient (Wildman–Crippen LogP) is 5.57. The van der Waals surface area contributed by atoms with E-state index in [0.29, 0.717) is 11.5 Å². The molecular weight excluding hydrogens is 429 g/mol. The van der Waals surface area contributed by atoms with E-state index in [4.69, 9.17) is 4.74 Å². The van der Waals surface area contributed by atoms with Gasteiger partial charge >= 0.3 is 12.3 Å². The molecule has 1 N–H and O–H groups in total. The molecule has 0 radical (unpaired) electrons. The van der Waals surface area contributed by atoms with Crippen molar-refractivity contribution in [2.24, 2.45) is 11.3 Å². The zero-order valence-corrected chi connectivity index (χ0v) is 18.3. The van der Waals surface area contributed by atoms with Crippen molar-refractivity contribution in [3.63, 3.8) is 0 Å². The third-order valence-electron chi connectivity index (χ3n) is 8.14. The van der Waals surface area contributed by atoms with Gasteiger partial charge in [0.15, 0.2) is 0 Å². The minimum absolute atomic E-state index is 0.0167. The maximum Gasteiger partial charge on any atom is 0.416 e. The van der Waals surface area contributed by atoms with Gasteiger partial charge in [-0.1, -0.05) is 30.3 Å². The van der Waals surface area contributed by atoms with Gasteiger partial charge in [0.1, 0.15) is 6.10 Å². The summed E-state index contributed by atoms with van der Waals surface area (Å²) < 4.78 is 45.3. The first-order valence-corrected chi connectivity index (χ1v) is 11.8. The predicted molar refractivity (Wildman–Crippen MR) is 118 cm³/mol. The number of nitrogens with zero attached hydrogens (tertiary/aromatic N) is 1. The number of alkyl carbamates (subject to hydrolysis) is 1. The van der Waals surface area contributed by atoms with Gasteiger partial charge in [-0.15, -0.1) is 0 Å². The number of ether oxygens (including phenoxy) is 1. The number of alkyl halides is 3. The van der Waals surface area contributed by atoms with Crippen LogP contribution in [0.4, 0.5) is 18.0 Å². The molecule has 1 saturated carbocycles. The summed E-state index contributed by atoms with van der Waals surface area (Å²) in [5.74, 6) is 0.460. The summed E-state index contributed by atoms with van der Waals surface area (Å²) in [6.07, 6.45) is 0.330. The number of amides is 1. The molecule has 0 aromatic heterocycles. The van der Waals surface area contributed by atoms with Gasteiger partial charge in [-0.25, -0.2) is 4.79 Å². The maximum atomic E-state index is 13.1. The van der Waals surface area contributed by atoms with E-state index in [1.807, 2.05) is 18.2 Å². The topological polar surface area (TPSA) is 41.6 Å². The van der Waals surface area contributed by atoms with Crippen LogP contribution in [-0.2, 0) is 17.3 Å². The normalized spacial score (nSPS) is 29.1. The van der Waals surface area contributed by atoms with Crippen molar-refractivity contribution >= 4 is 6.09 Å². The smallest absolute Gasteiger partial charge is 0.416 e. The lowest BCUT2D eigenvalue weighted by molar-refractivity contribution is -0.137. The van der Waals surface area contributed by atoms with Crippen LogP contribution in [0.3, 0.4) is 0 Å². The highest BCUT2D eigenvalue weighted by molar-refractivity contribution is 5.71. The summed E-state index contributed by atoms with van der Waals surface area (Å²) in [4.78, 5) is 15.2. The second-order valence-electron chi connectivity index (χ2n) is 10.2. The van der Waals surface area contributed by atoms with Gasteiger partial charge in [-0.05, 0) is 90.9 Å². The van der Waals surface area contributed by atoms with E-state index in [1.165, 1.54) is 12.1 Å². The first-order valence-electron chi connectivity index (χ1n) is 11.8. The highest BCUT2D eigenvalue weighted by Crippen LogP contribution is 2.62. The van der Waals surface area contributed by atoms with E-state index in [1.54, 1.807) is 6.07 Å². The molecule has 1 spiro atoms. The summed E-state index contributed by atoms with van der Waals surface area (Å²) in [7, 11) is 0. The van der Waals surface area contributed by atoms with Gasteiger partial charge in [-0.3, -0.25) is 4.90 Å². The fraction of sp³-hybridized carbons (Fsp3) is 0.500. The average molecular weight is 457 g/mol. The molecule has 2 atom stereocenters. The molecule has 174 valence electrons. The molecule has 3 heterocycles. The molecule has 7 heteroatoms. The van der Waals surface area contributed by atoms with Gasteiger partial charge in [0.05, 0.1) is 11.6 Å². The second-order valence-corrected chi connectivity index (χ2v) is 10.2. The Morgan fingerprint density at radius 1 is 1.06 bits per heavy atom. The van der Waals surface area contributed by atoms with Gasteiger partial charge in [0.2, 0.25) is 0 Å². The third-order valence-corrected chi connectivity index (χ3v) is 8.14. The van der Waals surface area contributed by atoms with Gasteiger partial charge in [0.25, 0.3) is 0 Å². The Kier molecular flexibility index (Phi) is 4.77. The van der Waals surface area contributed by atoms with Crippen LogP contribution >= 0.6 is 0 Å². The van der Waals surface area contributed by atoms with Crippen LogP contribution in [0.2, 0.25) is 0 Å². The molecule has 1 amide bonds. The number of rotatable bonds is 3. The highest BCUT2D eigenvalue weighted by atomic mass is 19.4. The van der Waals surface area contributed by atoms with E-state index in [2.05, 4.69) is 10.2 Å². The molecular formula is C26H27F3N2O2. The molecule has 7 rings (SSSR count). The summed E-state index contributed by atoms with van der Waals surface area (Å²) >= 11 is 0. The van der Waals surface area contributed by atoms with Crippen LogP contribution in [0, 0.1) is 11.3 Å². The van der Waals surface area contributed by atoms with Crippen molar-refractivity contribution < 1.29 is 22.7 Å². The summed E-state index contributed by atoms with van der Waals surface area (Å²) in [6, 6.07) is 11.2. The van der Waals surface area contributed by atoms with Crippen LogP contribution in [0.25, 0.3) is 11.1 Å². The Balaban J connectivity index is 1.21. The van der Waals surface area contributed by atoms with Crippen molar-refractivity contribution in [3.05, 3.63) is 59.2 Å². The van der Waals surface area contributed by atoms with Crippen molar-refractivity contribution in [1.82, 2.24) is 10.2 Å². The van der Waals surface area contributed by atoms with Crippen LogP contribution in [-0.4, -0.2) is 36.7 Å². The number of hydrogen-bond donors (Lipinski definition) is 1. The van der Waals surface area contributed by atoms with Gasteiger partial charge in [-0.2, -0.15) is 13.2 Å². The number of hydrogen-bond acceptors (Lipinski definition) is 3. The Bertz CT molecular complexity index is 1090. The minimum atomic E-state index is -4.37. The van der Waals surface area contributed by atoms with E-state index in [-0.39, 0.29) is 23.7 Å². The van der Waals surface area contributed by atoms with Gasteiger partial charge in [0, 0.05) is 6.54 Å². The summed E-state index contributed by atoms with van der Waals surface area (Å²) in [5.41, 5.74) is 2.86. The number of carbonyl (C=O) groups excluding carboxylic acids is 1. The Morgan fingerprint density at radius 2 is 1.82 bits per heavy atom. The van der Waals surface area contributed by atoms with Crippen LogP contribution in [0.15, 0.2) is 42.5 Å². The zero-order chi connectivity index (χ0) is 22.8. The van der Waals surface area contributed by atoms with Crippen molar-refractivity contribution in [2.75, 3.05) is 19.6 Å². The van der Waals surface area contributed by atoms with Gasteiger partial charge < -0.3 is 10.1 Å². The van der Waals surface area contributed by atoms with Crippen molar-refractivity contribution in [1.29, 1.82) is 0 Å². The largest absolute Gasteiger partial charge is 0.445 e. The van der Waals surface area contributed by atoms with Crippen LogP contribution < -0.4 is 5.32 Å². The summed E-state index contributed by atoms with van der Waals surface area (Å²) in [6.45, 7) is 3.02. The fourth-order valence-corrected chi connectivity index (χ4v) is 6.10. The molecule has 5 aliphatic rings. The minimum Gasteiger partial charge on any atom is -0.445 e. The SMILES string of the molecule is O=C(NC1c2ccc(-c3cccc(C(F)(F)F)c3)cc2CC12CC2)O[C@@H]1CN2CCC1CC2. The van der Waals surface area contributed by atoms with E-state index in [9.17, 15) is 18.0 Å². The second kappa shape index (κ2) is 7.49. The lowest BCUT2D eigenvalue weighted by atomic mass is 9.86. The standard InChI is InChI=1S/C26H27F3N2O2/c27-26(28,29)20-3-1-2-17(13-20)18-4-5-21-19(12-18)14-25(8-9-25)23(21)30-24(32)33-22-15-31-10-6-16(22)7-11-31/h1-5,12-13,16,22-23H,6-11,14-15H2,(H,30,32)/t22-,23?/m1/s1. The lowest BCUT2D eigenvalue weighted by Gasteiger charge is -2.44. The number of benzene rings is 2. The first kappa shape index (κ1) is 21.0. The summed E-state index contributed by atoms with van der Waals surface area (Å²) in [5, 5.41) is 3.15. The fourth-order valence-electron chi connectivity index (χ4n) is 6.10. The quantitative estimate of drug-likeness (QED) is 0.657. The molecule has 4 nitrogen and oxygen atoms in total. The molecule has 4 fully saturated rings. The number of halogens is 3. The lowest BCUT2D eigenvalue weighted by Crippen LogP contribution is -2.52. The molecule has 2 aromatic carbocycles. The number of carbonyl (C=O) groups is 1. The molecule has 1 unspecified atom stereocenters. The molecule has 3 aliphatic heterocycles. The maximum absolute atomic E-state index is 13.1. The Hall–Kier alpha value is -2.54. The van der Waals surface area contributed by atoms with E-state index >= 15 is 0 Å². The Morgan fingerprint density at radius 3 is 2.48 bits per heavy atom. The van der Waals surface area contributed by atoms with Crippen molar-refractivity contribution in [2.45, 2.75) is 50.4 Å². The highest BCUT2D eigenvalue weighted by Gasteiger charge is 2.55. The molecule has 2 aromatic rings. The molecule has 2 bridgehead atoms. The number of nitrogens with one attached hydrogen (secondary N) is 1. The monoisotopic (exact) mass is 456 g/mol. The molecule has 33 heavy (non-hydrogen) atoms. The first-order chi connectivity index (χ1) is 15.8. The average Bonchev–Trinajstić information content (AvgIpc) is 3.51. The Labute approximate surface area is 191 Å². The van der Waals surface area contributed by atoms with Crippen molar-refractivity contribution in [3.8, 4) is 11.1 Å². The molecule has 3 saturated heterocycles. The zero-order valence-electron chi connectivity index (χ0n) is 18.3. The van der Waals surface area contributed by atoms with Crippen LogP contribution in [0.5, 0.6) is 0 Å². The number of fused-ring (bicyclic) bond motifs is 4. The number of piperidine rings is 3. The van der Waals surface area contributed by atoms with Crippen LogP contribution in [0.1, 0.15) is 48.4 Å². The van der Waals surface area contributed by atoms with E-state index in [0.717, 1.165) is 74.5 Å².